The Balaban J connectivity index is 1.66. The van der Waals surface area contributed by atoms with Gasteiger partial charge in [0, 0.05) is 36.5 Å². The monoisotopic (exact) mass is 359 g/mol. The van der Waals surface area contributed by atoms with Crippen LogP contribution in [0.1, 0.15) is 31.7 Å². The molecule has 0 radical (unpaired) electrons. The number of nitrogens with zero attached hydrogens (tertiary/aromatic N) is 3. The summed E-state index contributed by atoms with van der Waals surface area (Å²) in [4.78, 5) is 14.7. The van der Waals surface area contributed by atoms with E-state index >= 15 is 0 Å². The van der Waals surface area contributed by atoms with E-state index in [4.69, 9.17) is 5.10 Å². The van der Waals surface area contributed by atoms with Crippen molar-refractivity contribution in [2.45, 2.75) is 26.2 Å². The Labute approximate surface area is 160 Å². The zero-order valence-electron chi connectivity index (χ0n) is 15.7. The molecule has 2 aromatic heterocycles. The van der Waals surface area contributed by atoms with E-state index in [1.165, 1.54) is 6.42 Å². The second kappa shape index (κ2) is 7.78. The minimum atomic E-state index is 0.0995. The standard InChI is InChI=1S/C23H25N3O/c1-2-18-9-8-15-25(17-18)22(27)14-13-20-21-12-6-7-16-26(21)24-23(20)19-10-4-3-5-11-19/h3-7,10-14,16,18H,2,8-9,15,17H2,1H3. The summed E-state index contributed by atoms with van der Waals surface area (Å²) in [6.07, 6.45) is 9.06. The molecule has 0 aliphatic carbocycles. The Morgan fingerprint density at radius 3 is 2.81 bits per heavy atom. The predicted octanol–water partition coefficient (Wildman–Crippen LogP) is 4.66. The van der Waals surface area contributed by atoms with Crippen molar-refractivity contribution < 1.29 is 4.79 Å². The number of likely N-dealkylation sites (tertiary alicyclic amines) is 1. The molecule has 27 heavy (non-hydrogen) atoms. The number of rotatable bonds is 4. The Morgan fingerprint density at radius 2 is 2.00 bits per heavy atom. The van der Waals surface area contributed by atoms with Crippen LogP contribution in [0.2, 0.25) is 0 Å². The van der Waals surface area contributed by atoms with Crippen molar-refractivity contribution in [2.24, 2.45) is 5.92 Å². The van der Waals surface area contributed by atoms with Gasteiger partial charge in [0.25, 0.3) is 0 Å². The van der Waals surface area contributed by atoms with E-state index in [1.54, 1.807) is 6.08 Å². The van der Waals surface area contributed by atoms with Gasteiger partial charge >= 0.3 is 0 Å². The van der Waals surface area contributed by atoms with Gasteiger partial charge in [-0.25, -0.2) is 4.52 Å². The number of hydrogen-bond acceptors (Lipinski definition) is 2. The van der Waals surface area contributed by atoms with Gasteiger partial charge in [-0.3, -0.25) is 4.79 Å². The Bertz CT molecular complexity index is 958. The number of carbonyl (C=O) groups is 1. The first-order valence-corrected chi connectivity index (χ1v) is 9.76. The topological polar surface area (TPSA) is 37.6 Å². The van der Waals surface area contributed by atoms with Gasteiger partial charge in [-0.1, -0.05) is 49.7 Å². The third kappa shape index (κ3) is 3.65. The molecule has 4 nitrogen and oxygen atoms in total. The van der Waals surface area contributed by atoms with E-state index < -0.39 is 0 Å². The molecule has 138 valence electrons. The second-order valence-corrected chi connectivity index (χ2v) is 7.19. The molecule has 1 aliphatic heterocycles. The first kappa shape index (κ1) is 17.5. The first-order chi connectivity index (χ1) is 13.3. The molecule has 1 unspecified atom stereocenters. The number of benzene rings is 1. The van der Waals surface area contributed by atoms with Crippen molar-refractivity contribution in [3.63, 3.8) is 0 Å². The van der Waals surface area contributed by atoms with Crippen LogP contribution in [0.15, 0.2) is 60.8 Å². The van der Waals surface area contributed by atoms with E-state index in [2.05, 4.69) is 19.1 Å². The van der Waals surface area contributed by atoms with E-state index in [0.717, 1.165) is 48.3 Å². The zero-order chi connectivity index (χ0) is 18.6. The number of fused-ring (bicyclic) bond motifs is 1. The van der Waals surface area contributed by atoms with Crippen molar-refractivity contribution in [3.05, 3.63) is 66.4 Å². The van der Waals surface area contributed by atoms with Crippen LogP contribution in [-0.4, -0.2) is 33.5 Å². The molecule has 4 heteroatoms. The third-order valence-corrected chi connectivity index (χ3v) is 5.43. The van der Waals surface area contributed by atoms with E-state index in [0.29, 0.717) is 5.92 Å². The summed E-state index contributed by atoms with van der Waals surface area (Å²) < 4.78 is 1.88. The molecule has 1 saturated heterocycles. The maximum atomic E-state index is 12.8. The average Bonchev–Trinajstić information content (AvgIpc) is 3.11. The summed E-state index contributed by atoms with van der Waals surface area (Å²) in [5.41, 5.74) is 3.94. The number of piperidine rings is 1. The van der Waals surface area contributed by atoms with Gasteiger partial charge in [0.1, 0.15) is 5.69 Å². The van der Waals surface area contributed by atoms with Crippen LogP contribution in [0.3, 0.4) is 0 Å². The predicted molar refractivity (Wildman–Crippen MR) is 109 cm³/mol. The van der Waals surface area contributed by atoms with Gasteiger partial charge < -0.3 is 4.90 Å². The minimum absolute atomic E-state index is 0.0995. The summed E-state index contributed by atoms with van der Waals surface area (Å²) in [6.45, 7) is 3.94. The molecule has 3 aromatic rings. The van der Waals surface area contributed by atoms with Gasteiger partial charge in [0.05, 0.1) is 5.52 Å². The van der Waals surface area contributed by atoms with Crippen LogP contribution in [0.5, 0.6) is 0 Å². The highest BCUT2D eigenvalue weighted by Crippen LogP contribution is 2.27. The zero-order valence-corrected chi connectivity index (χ0v) is 15.7. The van der Waals surface area contributed by atoms with Crippen LogP contribution in [0.4, 0.5) is 0 Å². The van der Waals surface area contributed by atoms with Crippen LogP contribution >= 0.6 is 0 Å². The smallest absolute Gasteiger partial charge is 0.246 e. The highest BCUT2D eigenvalue weighted by atomic mass is 16.2. The van der Waals surface area contributed by atoms with Crippen molar-refractivity contribution >= 4 is 17.5 Å². The van der Waals surface area contributed by atoms with Crippen LogP contribution in [-0.2, 0) is 4.79 Å². The van der Waals surface area contributed by atoms with Gasteiger partial charge in [0.2, 0.25) is 5.91 Å². The largest absolute Gasteiger partial charge is 0.339 e. The third-order valence-electron chi connectivity index (χ3n) is 5.43. The minimum Gasteiger partial charge on any atom is -0.339 e. The summed E-state index contributed by atoms with van der Waals surface area (Å²) >= 11 is 0. The quantitative estimate of drug-likeness (QED) is 0.635. The van der Waals surface area contributed by atoms with E-state index in [-0.39, 0.29) is 5.91 Å². The average molecular weight is 359 g/mol. The van der Waals surface area contributed by atoms with Crippen molar-refractivity contribution in [1.82, 2.24) is 14.5 Å². The van der Waals surface area contributed by atoms with Crippen molar-refractivity contribution in [3.8, 4) is 11.3 Å². The lowest BCUT2D eigenvalue weighted by atomic mass is 9.95. The Morgan fingerprint density at radius 1 is 1.19 bits per heavy atom. The number of hydrogen-bond donors (Lipinski definition) is 0. The molecule has 3 heterocycles. The molecule has 0 N–H and O–H groups in total. The fourth-order valence-corrected chi connectivity index (χ4v) is 3.85. The summed E-state index contributed by atoms with van der Waals surface area (Å²) in [5.74, 6) is 0.732. The lowest BCUT2D eigenvalue weighted by Gasteiger charge is -2.31. The van der Waals surface area contributed by atoms with Gasteiger partial charge in [-0.05, 0) is 37.0 Å². The first-order valence-electron chi connectivity index (χ1n) is 9.76. The Hall–Kier alpha value is -2.88. The lowest BCUT2D eigenvalue weighted by molar-refractivity contribution is -0.127. The highest BCUT2D eigenvalue weighted by Gasteiger charge is 2.21. The number of carbonyl (C=O) groups excluding carboxylic acids is 1. The van der Waals surface area contributed by atoms with Crippen LogP contribution in [0, 0.1) is 5.92 Å². The Kier molecular flexibility index (Phi) is 5.05. The summed E-state index contributed by atoms with van der Waals surface area (Å²) in [7, 11) is 0. The molecule has 1 amide bonds. The molecule has 0 saturated carbocycles. The normalized spacial score (nSPS) is 17.7. The molecule has 1 aliphatic rings. The number of amides is 1. The number of aromatic nitrogens is 2. The fraction of sp³-hybridized carbons (Fsp3) is 0.304. The molecule has 4 rings (SSSR count). The van der Waals surface area contributed by atoms with Crippen molar-refractivity contribution in [1.29, 1.82) is 0 Å². The van der Waals surface area contributed by atoms with Gasteiger partial charge in [-0.2, -0.15) is 5.10 Å². The number of pyridine rings is 1. The maximum Gasteiger partial charge on any atom is 0.246 e. The summed E-state index contributed by atoms with van der Waals surface area (Å²) in [5, 5.41) is 4.74. The molecular formula is C23H25N3O. The fourth-order valence-electron chi connectivity index (χ4n) is 3.85. The summed E-state index contributed by atoms with van der Waals surface area (Å²) in [6, 6.07) is 16.1. The second-order valence-electron chi connectivity index (χ2n) is 7.19. The molecule has 1 atom stereocenters. The lowest BCUT2D eigenvalue weighted by Crippen LogP contribution is -2.38. The SMILES string of the molecule is CCC1CCCN(C(=O)C=Cc2c(-c3ccccc3)nn3ccccc23)C1. The maximum absolute atomic E-state index is 12.8. The molecule has 0 spiro atoms. The molecule has 0 bridgehead atoms. The highest BCUT2D eigenvalue weighted by molar-refractivity contribution is 5.95. The van der Waals surface area contributed by atoms with E-state index in [9.17, 15) is 4.79 Å². The van der Waals surface area contributed by atoms with Gasteiger partial charge in [0.15, 0.2) is 0 Å². The van der Waals surface area contributed by atoms with Crippen LogP contribution < -0.4 is 0 Å². The van der Waals surface area contributed by atoms with Crippen molar-refractivity contribution in [2.75, 3.05) is 13.1 Å². The van der Waals surface area contributed by atoms with Crippen LogP contribution in [0.25, 0.3) is 22.9 Å². The molecular weight excluding hydrogens is 334 g/mol. The molecule has 1 aromatic carbocycles. The van der Waals surface area contributed by atoms with E-state index in [1.807, 2.05) is 58.1 Å². The van der Waals surface area contributed by atoms with Gasteiger partial charge in [-0.15, -0.1) is 0 Å². The molecule has 1 fully saturated rings.